The molecule has 1 rings (SSSR count). The van der Waals surface area contributed by atoms with Gasteiger partial charge in [0.2, 0.25) is 4.38 Å². The third-order valence-corrected chi connectivity index (χ3v) is 4.74. The Hall–Kier alpha value is -1.38. The molecule has 0 amide bonds. The predicted molar refractivity (Wildman–Crippen MR) is 95.0 cm³/mol. The van der Waals surface area contributed by atoms with Gasteiger partial charge < -0.3 is 4.74 Å². The second-order valence-corrected chi connectivity index (χ2v) is 7.60. The van der Waals surface area contributed by atoms with Crippen molar-refractivity contribution in [1.82, 2.24) is 0 Å². The highest BCUT2D eigenvalue weighted by Gasteiger charge is 2.32. The summed E-state index contributed by atoms with van der Waals surface area (Å²) in [6, 6.07) is 11.4. The minimum absolute atomic E-state index is 0.0905. The van der Waals surface area contributed by atoms with E-state index in [1.54, 1.807) is 0 Å². The van der Waals surface area contributed by atoms with Crippen LogP contribution < -0.4 is 0 Å². The van der Waals surface area contributed by atoms with Crippen molar-refractivity contribution in [3.8, 4) is 6.07 Å². The van der Waals surface area contributed by atoms with E-state index in [4.69, 9.17) is 22.2 Å². The topological polar surface area (TPSA) is 50.1 Å². The Morgan fingerprint density at radius 2 is 2.09 bits per heavy atom. The Morgan fingerprint density at radius 1 is 1.45 bits per heavy atom. The molecule has 0 bridgehead atoms. The van der Waals surface area contributed by atoms with Crippen LogP contribution in [-0.2, 0) is 4.74 Å². The van der Waals surface area contributed by atoms with Crippen molar-refractivity contribution in [2.75, 3.05) is 6.61 Å². The summed E-state index contributed by atoms with van der Waals surface area (Å²) in [5, 5.41) is 9.08. The first-order valence-electron chi connectivity index (χ1n) is 7.24. The van der Waals surface area contributed by atoms with Crippen LogP contribution in [0.15, 0.2) is 30.3 Å². The monoisotopic (exact) mass is 335 g/mol. The van der Waals surface area contributed by atoms with Gasteiger partial charge in [0.25, 0.3) is 0 Å². The summed E-state index contributed by atoms with van der Waals surface area (Å²) in [5.74, 6) is -0.0923. The van der Waals surface area contributed by atoms with Crippen molar-refractivity contribution < 1.29 is 9.53 Å². The molecule has 0 spiro atoms. The quantitative estimate of drug-likeness (QED) is 0.537. The van der Waals surface area contributed by atoms with E-state index >= 15 is 0 Å². The number of hydrogen-bond acceptors (Lipinski definition) is 5. The summed E-state index contributed by atoms with van der Waals surface area (Å²) in [6.07, 6.45) is 0.892. The number of rotatable bonds is 7. The molecule has 0 saturated heterocycles. The first-order chi connectivity index (χ1) is 10.4. The third kappa shape index (κ3) is 5.78. The van der Waals surface area contributed by atoms with Gasteiger partial charge in [-0.3, -0.25) is 4.79 Å². The number of Topliss-reactive ketones (excluding diaryl/α,β-unsaturated/α-hetero) is 1. The largest absolute Gasteiger partial charge is 0.479 e. The van der Waals surface area contributed by atoms with Gasteiger partial charge in [-0.05, 0) is 32.5 Å². The van der Waals surface area contributed by atoms with Crippen LogP contribution in [-0.4, -0.2) is 21.5 Å². The van der Waals surface area contributed by atoms with Crippen molar-refractivity contribution in [2.24, 2.45) is 5.92 Å². The number of thioether (sulfide) groups is 1. The second kappa shape index (κ2) is 8.92. The summed E-state index contributed by atoms with van der Waals surface area (Å²) in [5.41, 5.74) is 0.701. The van der Waals surface area contributed by atoms with Crippen LogP contribution in [0.4, 0.5) is 0 Å². The highest BCUT2D eigenvalue weighted by Crippen LogP contribution is 2.37. The number of benzene rings is 1. The zero-order valence-corrected chi connectivity index (χ0v) is 14.8. The van der Waals surface area contributed by atoms with E-state index in [0.29, 0.717) is 29.4 Å². The summed E-state index contributed by atoms with van der Waals surface area (Å²) < 4.78 is 5.32. The maximum absolute atomic E-state index is 12.5. The summed E-state index contributed by atoms with van der Waals surface area (Å²) in [6.45, 7) is 6.24. The van der Waals surface area contributed by atoms with Crippen LogP contribution in [0.2, 0.25) is 0 Å². The lowest BCUT2D eigenvalue weighted by molar-refractivity contribution is 0.0917. The molecule has 0 radical (unpaired) electrons. The molecule has 0 saturated carbocycles. The normalized spacial score (nSPS) is 14.5. The van der Waals surface area contributed by atoms with Gasteiger partial charge in [0.05, 0.1) is 19.1 Å². The van der Waals surface area contributed by atoms with E-state index in [2.05, 4.69) is 6.07 Å². The Labute approximate surface area is 142 Å². The minimum atomic E-state index is -0.426. The molecule has 0 aliphatic rings. The van der Waals surface area contributed by atoms with E-state index in [1.165, 1.54) is 11.8 Å². The Kier molecular flexibility index (Phi) is 7.57. The molecule has 22 heavy (non-hydrogen) atoms. The zero-order valence-electron chi connectivity index (χ0n) is 13.2. The molecule has 0 aliphatic heterocycles. The van der Waals surface area contributed by atoms with E-state index in [0.717, 1.165) is 0 Å². The van der Waals surface area contributed by atoms with E-state index < -0.39 is 4.75 Å². The highest BCUT2D eigenvalue weighted by atomic mass is 32.2. The van der Waals surface area contributed by atoms with E-state index in [9.17, 15) is 4.79 Å². The Balaban J connectivity index is 2.79. The van der Waals surface area contributed by atoms with Gasteiger partial charge in [-0.15, -0.1) is 0 Å². The lowest BCUT2D eigenvalue weighted by atomic mass is 9.88. The maximum Gasteiger partial charge on any atom is 0.220 e. The first kappa shape index (κ1) is 18.7. The van der Waals surface area contributed by atoms with Crippen molar-refractivity contribution >= 4 is 34.1 Å². The number of nitriles is 1. The Bertz CT molecular complexity index is 554. The molecule has 0 N–H and O–H groups in total. The number of carbonyl (C=O) groups is 1. The van der Waals surface area contributed by atoms with Crippen molar-refractivity contribution in [1.29, 1.82) is 5.26 Å². The van der Waals surface area contributed by atoms with Gasteiger partial charge in [0.1, 0.15) is 0 Å². The fraction of sp³-hybridized carbons (Fsp3) is 0.471. The predicted octanol–water partition coefficient (Wildman–Crippen LogP) is 4.62. The number of ether oxygens (including phenoxy) is 1. The molecule has 0 fully saturated rings. The van der Waals surface area contributed by atoms with Crippen molar-refractivity contribution in [2.45, 2.75) is 38.4 Å². The number of thiocarbonyl (C=S) groups is 1. The van der Waals surface area contributed by atoms with Crippen LogP contribution in [0.25, 0.3) is 0 Å². The summed E-state index contributed by atoms with van der Waals surface area (Å²) >= 11 is 6.55. The van der Waals surface area contributed by atoms with Crippen molar-refractivity contribution in [3.05, 3.63) is 35.9 Å². The molecule has 0 heterocycles. The van der Waals surface area contributed by atoms with Gasteiger partial charge in [0.15, 0.2) is 5.78 Å². The number of nitrogens with zero attached hydrogens (tertiary/aromatic N) is 1. The molecular formula is C17H21NO2S2. The van der Waals surface area contributed by atoms with Crippen LogP contribution in [0, 0.1) is 17.2 Å². The van der Waals surface area contributed by atoms with Gasteiger partial charge in [0, 0.05) is 16.2 Å². The van der Waals surface area contributed by atoms with Crippen molar-refractivity contribution in [3.63, 3.8) is 0 Å². The van der Waals surface area contributed by atoms with Crippen LogP contribution >= 0.6 is 24.0 Å². The second-order valence-electron chi connectivity index (χ2n) is 5.41. The molecule has 0 aliphatic carbocycles. The molecule has 118 valence electrons. The minimum Gasteiger partial charge on any atom is -0.479 e. The highest BCUT2D eigenvalue weighted by molar-refractivity contribution is 8.23. The number of carbonyl (C=O) groups excluding carboxylic acids is 1. The van der Waals surface area contributed by atoms with E-state index in [1.807, 2.05) is 51.1 Å². The lowest BCUT2D eigenvalue weighted by Gasteiger charge is -2.28. The first-order valence-corrected chi connectivity index (χ1v) is 8.46. The smallest absolute Gasteiger partial charge is 0.220 e. The van der Waals surface area contributed by atoms with Gasteiger partial charge >= 0.3 is 0 Å². The number of hydrogen-bond donors (Lipinski definition) is 0. The lowest BCUT2D eigenvalue weighted by Crippen LogP contribution is -2.28. The SMILES string of the molecule is CCOC(=S)SC(C)(CC#N)CC(C)C(=O)c1ccccc1. The standard InChI is InChI=1S/C17H21NO2S2/c1-4-20-16(21)22-17(3,10-11-18)12-13(2)15(19)14-8-6-5-7-9-14/h5-9,13H,4,10,12H2,1-3H3. The molecule has 1 aromatic carbocycles. The van der Waals surface area contributed by atoms with Crippen LogP contribution in [0.5, 0.6) is 0 Å². The van der Waals surface area contributed by atoms with Gasteiger partial charge in [-0.25, -0.2) is 0 Å². The molecule has 2 unspecified atom stereocenters. The molecule has 2 atom stereocenters. The van der Waals surface area contributed by atoms with Crippen LogP contribution in [0.3, 0.4) is 0 Å². The molecule has 5 heteroatoms. The van der Waals surface area contributed by atoms with E-state index in [-0.39, 0.29) is 11.7 Å². The maximum atomic E-state index is 12.5. The van der Waals surface area contributed by atoms with Gasteiger partial charge in [-0.1, -0.05) is 49.0 Å². The van der Waals surface area contributed by atoms with Gasteiger partial charge in [-0.2, -0.15) is 5.26 Å². The average Bonchev–Trinajstić information content (AvgIpc) is 2.47. The Morgan fingerprint density at radius 3 is 2.64 bits per heavy atom. The van der Waals surface area contributed by atoms with Crippen LogP contribution in [0.1, 0.15) is 44.0 Å². The third-order valence-electron chi connectivity index (χ3n) is 3.29. The molecule has 0 aromatic heterocycles. The fourth-order valence-electron chi connectivity index (χ4n) is 2.29. The molecular weight excluding hydrogens is 314 g/mol. The fourth-order valence-corrected chi connectivity index (χ4v) is 4.06. The zero-order chi connectivity index (χ0) is 16.6. The molecule has 1 aromatic rings. The molecule has 3 nitrogen and oxygen atoms in total. The average molecular weight is 335 g/mol. The summed E-state index contributed by atoms with van der Waals surface area (Å²) in [7, 11) is 0. The number of ketones is 1. The summed E-state index contributed by atoms with van der Waals surface area (Å²) in [4.78, 5) is 12.5.